The molecule has 2 fully saturated rings. The summed E-state index contributed by atoms with van der Waals surface area (Å²) in [4.78, 5) is 5.29. The Morgan fingerprint density at radius 3 is 2.43 bits per heavy atom. The van der Waals surface area contributed by atoms with E-state index < -0.39 is 0 Å². The summed E-state index contributed by atoms with van der Waals surface area (Å²) in [7, 11) is 0. The van der Waals surface area contributed by atoms with Gasteiger partial charge in [0.25, 0.3) is 0 Å². The van der Waals surface area contributed by atoms with Crippen LogP contribution in [0.4, 0.5) is 0 Å². The number of benzene rings is 1. The molecule has 1 atom stereocenters. The van der Waals surface area contributed by atoms with Gasteiger partial charge in [-0.25, -0.2) is 0 Å². The van der Waals surface area contributed by atoms with Crippen molar-refractivity contribution in [2.45, 2.75) is 38.7 Å². The molecule has 0 aliphatic carbocycles. The molecule has 0 bridgehead atoms. The van der Waals surface area contributed by atoms with Crippen molar-refractivity contribution in [1.82, 2.24) is 9.80 Å². The van der Waals surface area contributed by atoms with E-state index in [9.17, 15) is 0 Å². The lowest BCUT2D eigenvalue weighted by Crippen LogP contribution is -2.49. The summed E-state index contributed by atoms with van der Waals surface area (Å²) in [5.41, 5.74) is 1.54. The molecule has 0 radical (unpaired) electrons. The van der Waals surface area contributed by atoms with Crippen LogP contribution in [0, 0.1) is 5.92 Å². The Kier molecular flexibility index (Phi) is 5.73. The highest BCUT2D eigenvalue weighted by Crippen LogP contribution is 2.29. The third-order valence-corrected chi connectivity index (χ3v) is 5.34. The molecule has 3 nitrogen and oxygen atoms in total. The van der Waals surface area contributed by atoms with Gasteiger partial charge in [0.05, 0.1) is 5.60 Å². The lowest BCUT2D eigenvalue weighted by atomic mass is 9.88. The average Bonchev–Trinajstić information content (AvgIpc) is 2.54. The number of ether oxygens (including phenoxy) is 1. The molecule has 128 valence electrons. The molecule has 23 heavy (non-hydrogen) atoms. The summed E-state index contributed by atoms with van der Waals surface area (Å²) < 4.78 is 5.85. The highest BCUT2D eigenvalue weighted by Gasteiger charge is 2.30. The van der Waals surface area contributed by atoms with Crippen molar-refractivity contribution < 1.29 is 4.74 Å². The average molecular weight is 316 g/mol. The van der Waals surface area contributed by atoms with Crippen molar-refractivity contribution in [3.8, 4) is 0 Å². The summed E-state index contributed by atoms with van der Waals surface area (Å²) in [5.74, 6) is 0.814. The van der Waals surface area contributed by atoms with Gasteiger partial charge >= 0.3 is 0 Å². The van der Waals surface area contributed by atoms with E-state index in [0.717, 1.165) is 12.5 Å². The first kappa shape index (κ1) is 16.9. The number of hydrogen-bond donors (Lipinski definition) is 0. The van der Waals surface area contributed by atoms with Crippen LogP contribution in [0.2, 0.25) is 0 Å². The number of piperazine rings is 1. The normalized spacial score (nSPS) is 26.3. The molecule has 2 heterocycles. The minimum Gasteiger partial charge on any atom is -0.376 e. The van der Waals surface area contributed by atoms with Gasteiger partial charge in [-0.2, -0.15) is 0 Å². The van der Waals surface area contributed by atoms with Gasteiger partial charge in [0, 0.05) is 45.9 Å². The zero-order valence-electron chi connectivity index (χ0n) is 14.8. The van der Waals surface area contributed by atoms with Crippen LogP contribution in [0.15, 0.2) is 30.3 Å². The minimum absolute atomic E-state index is 0.0838. The van der Waals surface area contributed by atoms with Gasteiger partial charge in [-0.3, -0.25) is 0 Å². The molecule has 0 N–H and O–H groups in total. The van der Waals surface area contributed by atoms with Crippen molar-refractivity contribution in [2.75, 3.05) is 45.9 Å². The lowest BCUT2D eigenvalue weighted by Gasteiger charge is -2.40. The second-order valence-corrected chi connectivity index (χ2v) is 7.84. The van der Waals surface area contributed by atoms with Gasteiger partial charge in [0.15, 0.2) is 0 Å². The van der Waals surface area contributed by atoms with Gasteiger partial charge in [0.1, 0.15) is 0 Å². The Balaban J connectivity index is 1.37. The van der Waals surface area contributed by atoms with Crippen LogP contribution in [0.25, 0.3) is 0 Å². The Hall–Kier alpha value is -0.900. The predicted octanol–water partition coefficient (Wildman–Crippen LogP) is 3.05. The second kappa shape index (κ2) is 7.78. The summed E-state index contributed by atoms with van der Waals surface area (Å²) in [6.45, 7) is 12.8. The van der Waals surface area contributed by atoms with Crippen molar-refractivity contribution in [2.24, 2.45) is 5.92 Å². The van der Waals surface area contributed by atoms with Crippen molar-refractivity contribution in [1.29, 1.82) is 0 Å². The number of hydrogen-bond acceptors (Lipinski definition) is 3. The molecule has 2 aliphatic heterocycles. The maximum absolute atomic E-state index is 5.85. The van der Waals surface area contributed by atoms with Crippen LogP contribution in [-0.4, -0.2) is 61.3 Å². The molecule has 0 aromatic heterocycles. The van der Waals surface area contributed by atoms with Gasteiger partial charge in [-0.05, 0) is 44.6 Å². The van der Waals surface area contributed by atoms with Crippen LogP contribution in [0.1, 0.15) is 32.3 Å². The molecule has 0 spiro atoms. The third-order valence-electron chi connectivity index (χ3n) is 5.34. The smallest absolute Gasteiger partial charge is 0.0629 e. The Labute approximate surface area is 141 Å². The van der Waals surface area contributed by atoms with Crippen LogP contribution < -0.4 is 0 Å². The SMILES string of the molecule is CC1(C)C[C@H](CN2CCN(CCc3ccccc3)CC2)CCO1. The van der Waals surface area contributed by atoms with E-state index in [2.05, 4.69) is 54.0 Å². The molecular formula is C20H32N2O. The first-order chi connectivity index (χ1) is 11.1. The highest BCUT2D eigenvalue weighted by molar-refractivity contribution is 5.14. The fraction of sp³-hybridized carbons (Fsp3) is 0.700. The quantitative estimate of drug-likeness (QED) is 0.830. The monoisotopic (exact) mass is 316 g/mol. The van der Waals surface area contributed by atoms with Crippen molar-refractivity contribution >= 4 is 0 Å². The summed E-state index contributed by atoms with van der Waals surface area (Å²) >= 11 is 0. The molecule has 2 saturated heterocycles. The van der Waals surface area contributed by atoms with E-state index in [1.807, 2.05) is 0 Å². The van der Waals surface area contributed by atoms with E-state index in [1.165, 1.54) is 64.1 Å². The molecular weight excluding hydrogens is 284 g/mol. The van der Waals surface area contributed by atoms with Crippen LogP contribution in [0.3, 0.4) is 0 Å². The summed E-state index contributed by atoms with van der Waals surface area (Å²) in [6, 6.07) is 10.9. The molecule has 1 aromatic carbocycles. The molecule has 2 aliphatic rings. The number of nitrogens with zero attached hydrogens (tertiary/aromatic N) is 2. The topological polar surface area (TPSA) is 15.7 Å². The standard InChI is InChI=1S/C20H32N2O/c1-20(2)16-19(9-15-23-20)17-22-13-11-21(12-14-22)10-8-18-6-4-3-5-7-18/h3-7,19H,8-17H2,1-2H3/t19-/m1/s1. The number of rotatable bonds is 5. The molecule has 1 aromatic rings. The molecule has 0 amide bonds. The van der Waals surface area contributed by atoms with E-state index in [-0.39, 0.29) is 5.60 Å². The largest absolute Gasteiger partial charge is 0.376 e. The Bertz CT molecular complexity index is 466. The fourth-order valence-corrected chi connectivity index (χ4v) is 4.01. The summed E-state index contributed by atoms with van der Waals surface area (Å²) in [5, 5.41) is 0. The van der Waals surface area contributed by atoms with Crippen molar-refractivity contribution in [3.05, 3.63) is 35.9 Å². The van der Waals surface area contributed by atoms with Crippen LogP contribution in [-0.2, 0) is 11.2 Å². The molecule has 0 unspecified atom stereocenters. The lowest BCUT2D eigenvalue weighted by molar-refractivity contribution is -0.0781. The molecule has 3 heteroatoms. The zero-order chi connectivity index (χ0) is 16.1. The van der Waals surface area contributed by atoms with E-state index >= 15 is 0 Å². The van der Waals surface area contributed by atoms with Crippen molar-refractivity contribution in [3.63, 3.8) is 0 Å². The third kappa shape index (κ3) is 5.30. The van der Waals surface area contributed by atoms with E-state index in [0.29, 0.717) is 0 Å². The Morgan fingerprint density at radius 2 is 1.74 bits per heavy atom. The maximum atomic E-state index is 5.85. The first-order valence-corrected chi connectivity index (χ1v) is 9.23. The van der Waals surface area contributed by atoms with Crippen LogP contribution in [0.5, 0.6) is 0 Å². The predicted molar refractivity (Wildman–Crippen MR) is 95.8 cm³/mol. The van der Waals surface area contributed by atoms with Gasteiger partial charge in [-0.15, -0.1) is 0 Å². The highest BCUT2D eigenvalue weighted by atomic mass is 16.5. The zero-order valence-corrected chi connectivity index (χ0v) is 14.8. The minimum atomic E-state index is 0.0838. The van der Waals surface area contributed by atoms with Crippen LogP contribution >= 0.6 is 0 Å². The maximum Gasteiger partial charge on any atom is 0.0629 e. The second-order valence-electron chi connectivity index (χ2n) is 7.84. The first-order valence-electron chi connectivity index (χ1n) is 9.23. The Morgan fingerprint density at radius 1 is 1.04 bits per heavy atom. The van der Waals surface area contributed by atoms with E-state index in [4.69, 9.17) is 4.74 Å². The van der Waals surface area contributed by atoms with Gasteiger partial charge in [-0.1, -0.05) is 30.3 Å². The molecule has 3 rings (SSSR count). The molecule has 0 saturated carbocycles. The van der Waals surface area contributed by atoms with Gasteiger partial charge < -0.3 is 14.5 Å². The summed E-state index contributed by atoms with van der Waals surface area (Å²) in [6.07, 6.45) is 3.62. The fourth-order valence-electron chi connectivity index (χ4n) is 4.01. The van der Waals surface area contributed by atoms with E-state index in [1.54, 1.807) is 0 Å². The van der Waals surface area contributed by atoms with Gasteiger partial charge in [0.2, 0.25) is 0 Å².